The predicted molar refractivity (Wildman–Crippen MR) is 88.9 cm³/mol. The summed E-state index contributed by atoms with van der Waals surface area (Å²) in [5, 5.41) is 2.89. The first-order chi connectivity index (χ1) is 10.8. The van der Waals surface area contributed by atoms with Gasteiger partial charge in [0.25, 0.3) is 5.91 Å². The first-order valence-corrected chi connectivity index (χ1v) is 9.14. The van der Waals surface area contributed by atoms with Crippen LogP contribution in [0.3, 0.4) is 0 Å². The molecular formula is C16H20N2O4S. The highest BCUT2D eigenvalue weighted by Crippen LogP contribution is 2.13. The summed E-state index contributed by atoms with van der Waals surface area (Å²) in [6.45, 7) is 1.92. The fraction of sp³-hybridized carbons (Fsp3) is 0.312. The molecule has 0 radical (unpaired) electrons. The van der Waals surface area contributed by atoms with Crippen LogP contribution >= 0.6 is 0 Å². The molecule has 1 unspecified atom stereocenters. The van der Waals surface area contributed by atoms with Crippen LogP contribution in [-0.4, -0.2) is 26.6 Å². The molecule has 6 nitrogen and oxygen atoms in total. The Bertz CT molecular complexity index is 754. The Morgan fingerprint density at radius 2 is 2.04 bits per heavy atom. The molecule has 0 spiro atoms. The highest BCUT2D eigenvalue weighted by Gasteiger charge is 2.12. The molecule has 0 aliphatic carbocycles. The van der Waals surface area contributed by atoms with Crippen molar-refractivity contribution in [2.45, 2.75) is 25.8 Å². The first kappa shape index (κ1) is 17.1. The van der Waals surface area contributed by atoms with Crippen LogP contribution in [0.15, 0.2) is 47.1 Å². The van der Waals surface area contributed by atoms with E-state index in [0.29, 0.717) is 11.3 Å². The summed E-state index contributed by atoms with van der Waals surface area (Å²) >= 11 is 0. The number of aryl methyl sites for hydroxylation is 1. The van der Waals surface area contributed by atoms with Crippen molar-refractivity contribution in [3.63, 3.8) is 0 Å². The Balaban J connectivity index is 1.93. The number of hydrogen-bond donors (Lipinski definition) is 2. The molecule has 1 aromatic carbocycles. The van der Waals surface area contributed by atoms with Crippen molar-refractivity contribution in [2.24, 2.45) is 0 Å². The predicted octanol–water partition coefficient (Wildman–Crippen LogP) is 2.40. The lowest BCUT2D eigenvalue weighted by atomic mass is 10.1. The fourth-order valence-corrected chi connectivity index (χ4v) is 2.69. The van der Waals surface area contributed by atoms with Crippen molar-refractivity contribution in [1.29, 1.82) is 0 Å². The summed E-state index contributed by atoms with van der Waals surface area (Å²) in [5.74, 6) is 0.638. The molecule has 0 saturated heterocycles. The number of carbonyl (C=O) groups is 1. The Morgan fingerprint density at radius 3 is 2.70 bits per heavy atom. The van der Waals surface area contributed by atoms with Crippen molar-refractivity contribution >= 4 is 21.6 Å². The van der Waals surface area contributed by atoms with Gasteiger partial charge in [-0.05, 0) is 43.7 Å². The van der Waals surface area contributed by atoms with Gasteiger partial charge in [-0.1, -0.05) is 6.07 Å². The molecule has 1 heterocycles. The Kier molecular flexibility index (Phi) is 5.44. The fourth-order valence-electron chi connectivity index (χ4n) is 2.13. The highest BCUT2D eigenvalue weighted by atomic mass is 32.2. The van der Waals surface area contributed by atoms with E-state index in [-0.39, 0.29) is 11.9 Å². The van der Waals surface area contributed by atoms with Gasteiger partial charge in [0.05, 0.1) is 12.5 Å². The standard InChI is InChI=1S/C16H20N2O4S/c1-12(8-9-15-7-4-10-22-15)17-16(19)13-5-3-6-14(11-13)18-23(2,20)21/h3-7,10-12,18H,8-9H2,1-2H3,(H,17,19). The van der Waals surface area contributed by atoms with Crippen LogP contribution in [0.1, 0.15) is 29.5 Å². The number of carbonyl (C=O) groups excluding carboxylic acids is 1. The van der Waals surface area contributed by atoms with Gasteiger partial charge in [-0.3, -0.25) is 9.52 Å². The minimum atomic E-state index is -3.37. The van der Waals surface area contributed by atoms with E-state index in [1.54, 1.807) is 24.5 Å². The maximum Gasteiger partial charge on any atom is 0.251 e. The summed E-state index contributed by atoms with van der Waals surface area (Å²) in [4.78, 5) is 12.2. The smallest absolute Gasteiger partial charge is 0.251 e. The van der Waals surface area contributed by atoms with Gasteiger partial charge >= 0.3 is 0 Å². The lowest BCUT2D eigenvalue weighted by Crippen LogP contribution is -2.32. The maximum absolute atomic E-state index is 12.2. The molecule has 1 amide bonds. The van der Waals surface area contributed by atoms with E-state index in [1.165, 1.54) is 6.07 Å². The van der Waals surface area contributed by atoms with Crippen LogP contribution in [-0.2, 0) is 16.4 Å². The Labute approximate surface area is 135 Å². The molecule has 1 atom stereocenters. The van der Waals surface area contributed by atoms with Crippen LogP contribution in [0.25, 0.3) is 0 Å². The van der Waals surface area contributed by atoms with E-state index in [9.17, 15) is 13.2 Å². The third-order valence-electron chi connectivity index (χ3n) is 3.21. The molecule has 7 heteroatoms. The molecule has 0 saturated carbocycles. The van der Waals surface area contributed by atoms with Gasteiger partial charge in [-0.2, -0.15) is 0 Å². The monoisotopic (exact) mass is 336 g/mol. The molecule has 23 heavy (non-hydrogen) atoms. The lowest BCUT2D eigenvalue weighted by molar-refractivity contribution is 0.0938. The number of anilines is 1. The second-order valence-corrected chi connectivity index (χ2v) is 7.20. The molecule has 2 aromatic rings. The van der Waals surface area contributed by atoms with Crippen LogP contribution in [0.2, 0.25) is 0 Å². The largest absolute Gasteiger partial charge is 0.469 e. The number of hydrogen-bond acceptors (Lipinski definition) is 4. The van der Waals surface area contributed by atoms with E-state index in [4.69, 9.17) is 4.42 Å². The number of rotatable bonds is 7. The zero-order valence-corrected chi connectivity index (χ0v) is 13.9. The molecule has 124 valence electrons. The van der Waals surface area contributed by atoms with E-state index in [1.807, 2.05) is 19.1 Å². The summed E-state index contributed by atoms with van der Waals surface area (Å²) in [5.41, 5.74) is 0.770. The average molecular weight is 336 g/mol. The number of amides is 1. The van der Waals surface area contributed by atoms with Crippen molar-refractivity contribution in [3.05, 3.63) is 54.0 Å². The minimum absolute atomic E-state index is 0.0286. The van der Waals surface area contributed by atoms with Crippen LogP contribution < -0.4 is 10.0 Å². The first-order valence-electron chi connectivity index (χ1n) is 7.24. The SMILES string of the molecule is CC(CCc1ccco1)NC(=O)c1cccc(NS(C)(=O)=O)c1. The topological polar surface area (TPSA) is 88.4 Å². The zero-order valence-electron chi connectivity index (χ0n) is 13.1. The second-order valence-electron chi connectivity index (χ2n) is 5.45. The van der Waals surface area contributed by atoms with E-state index >= 15 is 0 Å². The van der Waals surface area contributed by atoms with Crippen molar-refractivity contribution in [1.82, 2.24) is 5.32 Å². The van der Waals surface area contributed by atoms with E-state index < -0.39 is 10.0 Å². The number of furan rings is 1. The van der Waals surface area contributed by atoms with Crippen molar-refractivity contribution in [2.75, 3.05) is 11.0 Å². The summed E-state index contributed by atoms with van der Waals surface area (Å²) in [6.07, 6.45) is 4.18. The molecule has 0 fully saturated rings. The minimum Gasteiger partial charge on any atom is -0.469 e. The summed E-state index contributed by atoms with van der Waals surface area (Å²) < 4.78 is 30.1. The summed E-state index contributed by atoms with van der Waals surface area (Å²) in [6, 6.07) is 10.1. The molecule has 0 bridgehead atoms. The summed E-state index contributed by atoms with van der Waals surface area (Å²) in [7, 11) is -3.37. The van der Waals surface area contributed by atoms with Crippen LogP contribution in [0.5, 0.6) is 0 Å². The Hall–Kier alpha value is -2.28. The molecule has 0 aliphatic heterocycles. The van der Waals surface area contributed by atoms with Gasteiger partial charge in [-0.25, -0.2) is 8.42 Å². The Morgan fingerprint density at radius 1 is 1.26 bits per heavy atom. The average Bonchev–Trinajstić information content (AvgIpc) is 2.97. The lowest BCUT2D eigenvalue weighted by Gasteiger charge is -2.14. The van der Waals surface area contributed by atoms with Gasteiger partial charge in [0.1, 0.15) is 5.76 Å². The van der Waals surface area contributed by atoms with Gasteiger partial charge in [-0.15, -0.1) is 0 Å². The quantitative estimate of drug-likeness (QED) is 0.812. The van der Waals surface area contributed by atoms with Gasteiger partial charge in [0.2, 0.25) is 10.0 Å². The molecule has 1 aromatic heterocycles. The normalized spacial score (nSPS) is 12.6. The van der Waals surface area contributed by atoms with Crippen molar-refractivity contribution < 1.29 is 17.6 Å². The zero-order chi connectivity index (χ0) is 16.9. The highest BCUT2D eigenvalue weighted by molar-refractivity contribution is 7.92. The number of sulfonamides is 1. The van der Waals surface area contributed by atoms with Gasteiger partial charge in [0.15, 0.2) is 0 Å². The van der Waals surface area contributed by atoms with Gasteiger partial charge in [0, 0.05) is 23.7 Å². The second kappa shape index (κ2) is 7.32. The molecule has 0 aliphatic rings. The van der Waals surface area contributed by atoms with E-state index in [2.05, 4.69) is 10.0 Å². The van der Waals surface area contributed by atoms with Crippen molar-refractivity contribution in [3.8, 4) is 0 Å². The maximum atomic E-state index is 12.2. The third kappa shape index (κ3) is 5.78. The number of nitrogens with one attached hydrogen (secondary N) is 2. The molecule has 2 N–H and O–H groups in total. The third-order valence-corrected chi connectivity index (χ3v) is 3.82. The molecular weight excluding hydrogens is 316 g/mol. The molecule has 2 rings (SSSR count). The van der Waals surface area contributed by atoms with Crippen LogP contribution in [0, 0.1) is 0 Å². The number of benzene rings is 1. The van der Waals surface area contributed by atoms with Crippen LogP contribution in [0.4, 0.5) is 5.69 Å². The van der Waals surface area contributed by atoms with Gasteiger partial charge < -0.3 is 9.73 Å². The van der Waals surface area contributed by atoms with E-state index in [0.717, 1.165) is 24.9 Å².